The maximum absolute atomic E-state index is 13.3. The van der Waals surface area contributed by atoms with Gasteiger partial charge in [-0.05, 0) is 40.8 Å². The van der Waals surface area contributed by atoms with Crippen LogP contribution in [0.5, 0.6) is 5.75 Å². The minimum Gasteiger partial charge on any atom is -0.497 e. The van der Waals surface area contributed by atoms with Gasteiger partial charge < -0.3 is 20.5 Å². The summed E-state index contributed by atoms with van der Waals surface area (Å²) in [6.07, 6.45) is 1.61. The van der Waals surface area contributed by atoms with E-state index in [1.165, 1.54) is 0 Å². The van der Waals surface area contributed by atoms with E-state index in [1.54, 1.807) is 55.6 Å². The van der Waals surface area contributed by atoms with E-state index in [2.05, 4.69) is 10.6 Å². The van der Waals surface area contributed by atoms with Crippen molar-refractivity contribution in [2.75, 3.05) is 13.7 Å². The lowest BCUT2D eigenvalue weighted by atomic mass is 10.0. The number of aliphatic hydroxyl groups excluding tert-OH is 1. The molecule has 0 aromatic heterocycles. The summed E-state index contributed by atoms with van der Waals surface area (Å²) in [4.78, 5) is 37.6. The average Bonchev–Trinajstić information content (AvgIpc) is 3.25. The fourth-order valence-corrected chi connectivity index (χ4v) is 5.58. The molecule has 1 aliphatic rings. The van der Waals surface area contributed by atoms with Crippen molar-refractivity contribution in [3.8, 4) is 5.75 Å². The summed E-state index contributed by atoms with van der Waals surface area (Å²) in [5.41, 5.74) is 2.70. The normalized spacial score (nSPS) is 15.3. The Morgan fingerprint density at radius 1 is 0.878 bits per heavy atom. The molecule has 0 fully saturated rings. The number of hydrogen-bond acceptors (Lipinski definition) is 7. The molecule has 0 aliphatic carbocycles. The standard InChI is InChI=1S/C30H31N3O7S/c1-40-25-13-9-22(10-14-25)17-28(35)32-26(16-20-5-3-2-4-6-20)30(37)31-24(19-34)15-21-7-11-23(12-8-21)27-18-29(36)33-41(27,38)39/h2-14,18,24,26,34H,15-17,19H2,1H3,(H,31,37)(H,32,35)(H,33,36)/t24-,26-/m0/s1. The van der Waals surface area contributed by atoms with Crippen LogP contribution >= 0.6 is 0 Å². The second-order valence-corrected chi connectivity index (χ2v) is 11.3. The van der Waals surface area contributed by atoms with Gasteiger partial charge in [0.15, 0.2) is 0 Å². The highest BCUT2D eigenvalue weighted by Crippen LogP contribution is 2.24. The molecule has 2 atom stereocenters. The maximum Gasteiger partial charge on any atom is 0.265 e. The molecule has 4 N–H and O–H groups in total. The van der Waals surface area contributed by atoms with Crippen LogP contribution in [0.25, 0.3) is 4.91 Å². The predicted molar refractivity (Wildman–Crippen MR) is 153 cm³/mol. The van der Waals surface area contributed by atoms with Crippen LogP contribution in [0, 0.1) is 0 Å². The van der Waals surface area contributed by atoms with Crippen molar-refractivity contribution in [2.45, 2.75) is 31.3 Å². The highest BCUT2D eigenvalue weighted by Gasteiger charge is 2.29. The zero-order valence-electron chi connectivity index (χ0n) is 22.4. The number of benzene rings is 3. The Labute approximate surface area is 238 Å². The Morgan fingerprint density at radius 3 is 2.10 bits per heavy atom. The summed E-state index contributed by atoms with van der Waals surface area (Å²) >= 11 is 0. The van der Waals surface area contributed by atoms with E-state index in [9.17, 15) is 27.9 Å². The topological polar surface area (TPSA) is 151 Å². The van der Waals surface area contributed by atoms with E-state index in [0.29, 0.717) is 11.3 Å². The molecule has 11 heteroatoms. The van der Waals surface area contributed by atoms with E-state index in [4.69, 9.17) is 4.74 Å². The monoisotopic (exact) mass is 577 g/mol. The third kappa shape index (κ3) is 8.03. The molecule has 1 aliphatic heterocycles. The summed E-state index contributed by atoms with van der Waals surface area (Å²) in [7, 11) is -2.33. The number of ether oxygens (including phenoxy) is 1. The molecule has 214 valence electrons. The van der Waals surface area contributed by atoms with Crippen LogP contribution in [-0.2, 0) is 43.7 Å². The van der Waals surface area contributed by atoms with Gasteiger partial charge in [-0.3, -0.25) is 14.4 Å². The molecule has 0 saturated heterocycles. The van der Waals surface area contributed by atoms with Crippen molar-refractivity contribution in [1.29, 1.82) is 0 Å². The van der Waals surface area contributed by atoms with Crippen LogP contribution in [-0.4, -0.2) is 57.0 Å². The number of carbonyl (C=O) groups is 3. The molecule has 0 spiro atoms. The molecule has 1 heterocycles. The maximum atomic E-state index is 13.3. The zero-order chi connectivity index (χ0) is 29.4. The summed E-state index contributed by atoms with van der Waals surface area (Å²) in [6, 6.07) is 21.3. The van der Waals surface area contributed by atoms with Gasteiger partial charge in [0.25, 0.3) is 15.9 Å². The van der Waals surface area contributed by atoms with Gasteiger partial charge in [0.2, 0.25) is 11.8 Å². The Morgan fingerprint density at radius 2 is 1.51 bits per heavy atom. The molecule has 41 heavy (non-hydrogen) atoms. The highest BCUT2D eigenvalue weighted by atomic mass is 32.2. The van der Waals surface area contributed by atoms with Crippen molar-refractivity contribution < 1.29 is 32.6 Å². The Bertz CT molecular complexity index is 1520. The van der Waals surface area contributed by atoms with Crippen LogP contribution in [0.2, 0.25) is 0 Å². The van der Waals surface area contributed by atoms with E-state index in [-0.39, 0.29) is 36.7 Å². The molecule has 3 aromatic carbocycles. The lowest BCUT2D eigenvalue weighted by Gasteiger charge is -2.23. The van der Waals surface area contributed by atoms with Crippen LogP contribution in [0.15, 0.2) is 84.9 Å². The second-order valence-electron chi connectivity index (χ2n) is 9.60. The molecule has 10 nitrogen and oxygen atoms in total. The average molecular weight is 578 g/mol. The van der Waals surface area contributed by atoms with E-state index in [1.807, 2.05) is 35.1 Å². The molecular formula is C30H31N3O7S. The minimum atomic E-state index is -3.89. The molecule has 0 bridgehead atoms. The summed E-state index contributed by atoms with van der Waals surface area (Å²) < 4.78 is 31.2. The van der Waals surface area contributed by atoms with Crippen LogP contribution in [0.1, 0.15) is 22.3 Å². The Hall–Kier alpha value is -4.48. The Balaban J connectivity index is 1.42. The summed E-state index contributed by atoms with van der Waals surface area (Å²) in [5, 5.41) is 15.7. The van der Waals surface area contributed by atoms with Gasteiger partial charge >= 0.3 is 0 Å². The van der Waals surface area contributed by atoms with Crippen LogP contribution in [0.3, 0.4) is 0 Å². The van der Waals surface area contributed by atoms with Crippen LogP contribution < -0.4 is 20.1 Å². The van der Waals surface area contributed by atoms with Crippen molar-refractivity contribution in [3.63, 3.8) is 0 Å². The first-order chi connectivity index (χ1) is 19.7. The second kappa shape index (κ2) is 13.2. The van der Waals surface area contributed by atoms with Crippen molar-refractivity contribution in [2.24, 2.45) is 0 Å². The zero-order valence-corrected chi connectivity index (χ0v) is 23.2. The number of sulfonamides is 1. The van der Waals surface area contributed by atoms with Gasteiger partial charge in [0.1, 0.15) is 16.7 Å². The van der Waals surface area contributed by atoms with E-state index >= 15 is 0 Å². The van der Waals surface area contributed by atoms with E-state index in [0.717, 1.165) is 22.8 Å². The van der Waals surface area contributed by atoms with Gasteiger partial charge in [-0.1, -0.05) is 66.7 Å². The first kappa shape index (κ1) is 29.5. The van der Waals surface area contributed by atoms with Crippen molar-refractivity contribution in [1.82, 2.24) is 15.4 Å². The van der Waals surface area contributed by atoms with Gasteiger partial charge in [0.05, 0.1) is 26.2 Å². The smallest absolute Gasteiger partial charge is 0.265 e. The van der Waals surface area contributed by atoms with E-state index < -0.39 is 33.9 Å². The third-order valence-electron chi connectivity index (χ3n) is 6.53. The number of carbonyl (C=O) groups excluding carboxylic acids is 3. The fourth-order valence-electron chi connectivity index (χ4n) is 4.44. The van der Waals surface area contributed by atoms with Crippen LogP contribution in [0.4, 0.5) is 0 Å². The summed E-state index contributed by atoms with van der Waals surface area (Å²) in [5.74, 6) is -0.799. The number of amides is 3. The molecule has 3 aromatic rings. The molecular weight excluding hydrogens is 546 g/mol. The quantitative estimate of drug-likeness (QED) is 0.255. The lowest BCUT2D eigenvalue weighted by Crippen LogP contribution is -2.52. The number of rotatable bonds is 12. The number of aliphatic hydroxyl groups is 1. The predicted octanol–water partition coefficient (Wildman–Crippen LogP) is 1.49. The van der Waals surface area contributed by atoms with Gasteiger partial charge in [-0.25, -0.2) is 13.1 Å². The largest absolute Gasteiger partial charge is 0.497 e. The fraction of sp³-hybridized carbons (Fsp3) is 0.233. The number of methoxy groups -OCH3 is 1. The van der Waals surface area contributed by atoms with Crippen molar-refractivity contribution in [3.05, 3.63) is 107 Å². The van der Waals surface area contributed by atoms with Crippen molar-refractivity contribution >= 4 is 32.6 Å². The first-order valence-electron chi connectivity index (χ1n) is 12.9. The number of nitrogens with one attached hydrogen (secondary N) is 3. The molecule has 0 radical (unpaired) electrons. The third-order valence-corrected chi connectivity index (χ3v) is 7.93. The van der Waals surface area contributed by atoms with Gasteiger partial charge in [-0.2, -0.15) is 0 Å². The first-order valence-corrected chi connectivity index (χ1v) is 14.4. The molecule has 0 unspecified atom stereocenters. The molecule has 3 amide bonds. The number of hydrogen-bond donors (Lipinski definition) is 4. The van der Waals surface area contributed by atoms with Gasteiger partial charge in [-0.15, -0.1) is 0 Å². The Kier molecular flexibility index (Phi) is 9.53. The molecule has 4 rings (SSSR count). The minimum absolute atomic E-state index is 0.0750. The highest BCUT2D eigenvalue weighted by molar-refractivity contribution is 7.99. The molecule has 0 saturated carbocycles. The lowest BCUT2D eigenvalue weighted by molar-refractivity contribution is -0.129. The summed E-state index contributed by atoms with van der Waals surface area (Å²) in [6.45, 7) is -0.358. The van der Waals surface area contributed by atoms with Gasteiger partial charge in [0, 0.05) is 12.5 Å². The SMILES string of the molecule is COc1ccc(CC(=O)N[C@@H](Cc2ccccc2)C(=O)N[C@H](CO)Cc2ccc(C3=CC(=O)NS3(=O)=O)cc2)cc1.